The summed E-state index contributed by atoms with van der Waals surface area (Å²) in [5.41, 5.74) is 3.53. The molecular formula is C18H21ClN2O3S. The molecule has 0 aliphatic carbocycles. The molecule has 7 heteroatoms. The molecule has 1 N–H and O–H groups in total. The van der Waals surface area contributed by atoms with Crippen LogP contribution in [0.5, 0.6) is 0 Å². The number of sulfonamides is 1. The van der Waals surface area contributed by atoms with Crippen molar-refractivity contribution in [3.63, 3.8) is 0 Å². The number of amides is 1. The van der Waals surface area contributed by atoms with E-state index in [-0.39, 0.29) is 6.54 Å². The average Bonchev–Trinajstić information content (AvgIpc) is 2.49. The third-order valence-electron chi connectivity index (χ3n) is 3.83. The van der Waals surface area contributed by atoms with Crippen LogP contribution in [0.1, 0.15) is 16.7 Å². The topological polar surface area (TPSA) is 66.5 Å². The molecule has 0 unspecified atom stereocenters. The zero-order valence-electron chi connectivity index (χ0n) is 14.6. The van der Waals surface area contributed by atoms with Crippen molar-refractivity contribution < 1.29 is 13.2 Å². The fourth-order valence-electron chi connectivity index (χ4n) is 2.56. The Morgan fingerprint density at radius 1 is 1.08 bits per heavy atom. The summed E-state index contributed by atoms with van der Waals surface area (Å²) < 4.78 is 25.6. The number of para-hydroxylation sites is 1. The van der Waals surface area contributed by atoms with E-state index in [0.717, 1.165) is 27.3 Å². The van der Waals surface area contributed by atoms with Gasteiger partial charge in [0, 0.05) is 10.7 Å². The summed E-state index contributed by atoms with van der Waals surface area (Å²) in [4.78, 5) is 12.4. The van der Waals surface area contributed by atoms with Gasteiger partial charge in [0.15, 0.2) is 0 Å². The van der Waals surface area contributed by atoms with E-state index in [1.54, 1.807) is 18.2 Å². The number of nitrogens with one attached hydrogen (secondary N) is 1. The number of halogens is 1. The molecule has 0 saturated carbocycles. The first-order valence-electron chi connectivity index (χ1n) is 7.69. The molecule has 2 aromatic carbocycles. The van der Waals surface area contributed by atoms with Crippen LogP contribution in [0.4, 0.5) is 11.4 Å². The molecule has 0 aromatic heterocycles. The zero-order chi connectivity index (χ0) is 18.8. The third kappa shape index (κ3) is 4.74. The highest BCUT2D eigenvalue weighted by Gasteiger charge is 2.23. The van der Waals surface area contributed by atoms with E-state index in [1.165, 1.54) is 0 Å². The van der Waals surface area contributed by atoms with E-state index in [0.29, 0.717) is 16.4 Å². The molecule has 0 aliphatic heterocycles. The van der Waals surface area contributed by atoms with E-state index in [1.807, 2.05) is 39.0 Å². The minimum Gasteiger partial charge on any atom is -0.324 e. The maximum Gasteiger partial charge on any atom is 0.245 e. The molecule has 0 bridgehead atoms. The number of hydrogen-bond acceptors (Lipinski definition) is 3. The summed E-state index contributed by atoms with van der Waals surface area (Å²) in [6.45, 7) is 5.19. The third-order valence-corrected chi connectivity index (χ3v) is 5.35. The first kappa shape index (κ1) is 19.3. The van der Waals surface area contributed by atoms with Crippen LogP contribution in [-0.4, -0.2) is 27.1 Å². The molecule has 25 heavy (non-hydrogen) atoms. The Morgan fingerprint density at radius 2 is 1.68 bits per heavy atom. The van der Waals surface area contributed by atoms with Crippen molar-refractivity contribution in [2.24, 2.45) is 0 Å². The average molecular weight is 381 g/mol. The molecule has 0 atom stereocenters. The molecule has 2 aromatic rings. The van der Waals surface area contributed by atoms with Gasteiger partial charge in [-0.3, -0.25) is 9.10 Å². The van der Waals surface area contributed by atoms with Crippen LogP contribution in [-0.2, 0) is 14.8 Å². The van der Waals surface area contributed by atoms with Gasteiger partial charge in [-0.25, -0.2) is 8.42 Å². The number of carbonyl (C=O) groups excluding carboxylic acids is 1. The lowest BCUT2D eigenvalue weighted by Crippen LogP contribution is -2.38. The number of anilines is 2. The highest BCUT2D eigenvalue weighted by molar-refractivity contribution is 7.92. The predicted octanol–water partition coefficient (Wildman–Crippen LogP) is 3.67. The molecule has 0 fully saturated rings. The summed E-state index contributed by atoms with van der Waals surface area (Å²) >= 11 is 6.06. The van der Waals surface area contributed by atoms with Crippen LogP contribution in [0.3, 0.4) is 0 Å². The van der Waals surface area contributed by atoms with Gasteiger partial charge in [0.1, 0.15) is 6.54 Å². The number of aryl methyl sites for hydroxylation is 3. The van der Waals surface area contributed by atoms with Crippen molar-refractivity contribution in [3.05, 3.63) is 58.1 Å². The lowest BCUT2D eigenvalue weighted by molar-refractivity contribution is -0.114. The quantitative estimate of drug-likeness (QED) is 0.860. The van der Waals surface area contributed by atoms with Crippen LogP contribution < -0.4 is 9.62 Å². The minimum absolute atomic E-state index is 0.310. The van der Waals surface area contributed by atoms with Crippen LogP contribution in [0.25, 0.3) is 0 Å². The summed E-state index contributed by atoms with van der Waals surface area (Å²) in [7, 11) is -3.62. The first-order chi connectivity index (χ1) is 11.6. The fraction of sp³-hybridized carbons (Fsp3) is 0.278. The number of nitrogens with zero attached hydrogens (tertiary/aromatic N) is 1. The van der Waals surface area contributed by atoms with Gasteiger partial charge in [-0.2, -0.15) is 0 Å². The fourth-order valence-corrected chi connectivity index (χ4v) is 3.71. The largest absolute Gasteiger partial charge is 0.324 e. The second-order valence-electron chi connectivity index (χ2n) is 6.02. The highest BCUT2D eigenvalue weighted by atomic mass is 35.5. The number of rotatable bonds is 5. The van der Waals surface area contributed by atoms with Crippen LogP contribution in [0, 0.1) is 20.8 Å². The maximum absolute atomic E-state index is 12.4. The van der Waals surface area contributed by atoms with Gasteiger partial charge in [0.2, 0.25) is 15.9 Å². The summed E-state index contributed by atoms with van der Waals surface area (Å²) in [5, 5.41) is 3.23. The predicted molar refractivity (Wildman–Crippen MR) is 103 cm³/mol. The molecule has 0 spiro atoms. The van der Waals surface area contributed by atoms with E-state index in [9.17, 15) is 13.2 Å². The van der Waals surface area contributed by atoms with Gasteiger partial charge in [0.05, 0.1) is 11.9 Å². The summed E-state index contributed by atoms with van der Waals surface area (Å²) in [6.07, 6.45) is 1.09. The molecule has 0 saturated heterocycles. The first-order valence-corrected chi connectivity index (χ1v) is 9.92. The Morgan fingerprint density at radius 3 is 2.20 bits per heavy atom. The number of carbonyl (C=O) groups is 1. The summed E-state index contributed by atoms with van der Waals surface area (Å²) in [6, 6.07) is 10.6. The van der Waals surface area contributed by atoms with Crippen molar-refractivity contribution in [1.82, 2.24) is 0 Å². The standard InChI is InChI=1S/C18H21ClN2O3S/c1-12-8-9-15(10-16(12)19)20-17(22)11-21(25(4,23)24)18-13(2)6-5-7-14(18)3/h5-10H,11H2,1-4H3,(H,20,22). The van der Waals surface area contributed by atoms with Crippen molar-refractivity contribution >= 4 is 38.9 Å². The molecule has 0 aliphatic rings. The van der Waals surface area contributed by atoms with Crippen LogP contribution in [0.2, 0.25) is 5.02 Å². The molecule has 5 nitrogen and oxygen atoms in total. The van der Waals surface area contributed by atoms with Gasteiger partial charge < -0.3 is 5.32 Å². The Hall–Kier alpha value is -2.05. The van der Waals surface area contributed by atoms with Crippen molar-refractivity contribution in [3.8, 4) is 0 Å². The van der Waals surface area contributed by atoms with Gasteiger partial charge in [-0.1, -0.05) is 35.9 Å². The molecule has 1 amide bonds. The molecule has 0 heterocycles. The van der Waals surface area contributed by atoms with Crippen molar-refractivity contribution in [1.29, 1.82) is 0 Å². The van der Waals surface area contributed by atoms with Crippen LogP contribution in [0.15, 0.2) is 36.4 Å². The lowest BCUT2D eigenvalue weighted by Gasteiger charge is -2.25. The summed E-state index contributed by atoms with van der Waals surface area (Å²) in [5.74, 6) is -0.437. The maximum atomic E-state index is 12.4. The SMILES string of the molecule is Cc1ccc(NC(=O)CN(c2c(C)cccc2C)S(C)(=O)=O)cc1Cl. The van der Waals surface area contributed by atoms with E-state index in [4.69, 9.17) is 11.6 Å². The second kappa shape index (κ2) is 7.45. The van der Waals surface area contributed by atoms with Crippen molar-refractivity contribution in [2.45, 2.75) is 20.8 Å². The Labute approximate surface area is 153 Å². The minimum atomic E-state index is -3.62. The molecule has 2 rings (SSSR count). The van der Waals surface area contributed by atoms with E-state index in [2.05, 4.69) is 5.32 Å². The number of hydrogen-bond donors (Lipinski definition) is 1. The lowest BCUT2D eigenvalue weighted by atomic mass is 10.1. The van der Waals surface area contributed by atoms with Gasteiger partial charge in [0.25, 0.3) is 0 Å². The van der Waals surface area contributed by atoms with Crippen LogP contribution >= 0.6 is 11.6 Å². The highest BCUT2D eigenvalue weighted by Crippen LogP contribution is 2.27. The molecule has 0 radical (unpaired) electrons. The van der Waals surface area contributed by atoms with Gasteiger partial charge >= 0.3 is 0 Å². The smallest absolute Gasteiger partial charge is 0.245 e. The normalized spacial score (nSPS) is 11.2. The van der Waals surface area contributed by atoms with Crippen molar-refractivity contribution in [2.75, 3.05) is 22.4 Å². The molecular weight excluding hydrogens is 360 g/mol. The second-order valence-corrected chi connectivity index (χ2v) is 8.34. The number of benzene rings is 2. The monoisotopic (exact) mass is 380 g/mol. The Balaban J connectivity index is 2.29. The molecule has 134 valence electrons. The van der Waals surface area contributed by atoms with Gasteiger partial charge in [-0.15, -0.1) is 0 Å². The Kier molecular flexibility index (Phi) is 5.75. The van der Waals surface area contributed by atoms with E-state index >= 15 is 0 Å². The Bertz CT molecular complexity index is 890. The zero-order valence-corrected chi connectivity index (χ0v) is 16.2. The van der Waals surface area contributed by atoms with E-state index < -0.39 is 15.9 Å². The van der Waals surface area contributed by atoms with Gasteiger partial charge in [-0.05, 0) is 49.6 Å².